The van der Waals surface area contributed by atoms with Crippen LogP contribution in [-0.4, -0.2) is 155 Å². The molecule has 0 aliphatic rings. The molecule has 19 heteroatoms. The van der Waals surface area contributed by atoms with Crippen molar-refractivity contribution in [3.8, 4) is 0 Å². The second-order valence-corrected chi connectivity index (χ2v) is 5.98. The van der Waals surface area contributed by atoms with Crippen LogP contribution in [0.15, 0.2) is 0 Å². The van der Waals surface area contributed by atoms with Gasteiger partial charge in [-0.2, -0.15) is 0 Å². The first-order chi connectivity index (χ1) is 6.83. The maximum atomic E-state index is 9.34. The van der Waals surface area contributed by atoms with E-state index in [1.54, 1.807) is 0 Å². The van der Waals surface area contributed by atoms with Crippen molar-refractivity contribution >= 4 is 171 Å². The normalized spacial score (nSPS) is 11.6. The summed E-state index contributed by atoms with van der Waals surface area (Å²) in [5.74, 6) is 0. The van der Waals surface area contributed by atoms with Gasteiger partial charge in [-0.3, -0.25) is 8.43 Å². The van der Waals surface area contributed by atoms with Gasteiger partial charge in [0.1, 0.15) is 0 Å². The Labute approximate surface area is 222 Å². The van der Waals surface area contributed by atoms with Crippen LogP contribution in [0.3, 0.4) is 0 Å². The molecule has 0 rings (SSSR count). The summed E-state index contributed by atoms with van der Waals surface area (Å²) in [5.41, 5.74) is 0. The Kier molecular flexibility index (Phi) is 32.1. The summed E-state index contributed by atoms with van der Waals surface area (Å²) in [5, 5.41) is 0. The fourth-order valence-electron chi connectivity index (χ4n) is 0.183. The van der Waals surface area contributed by atoms with E-state index in [2.05, 4.69) is 8.43 Å². The molecule has 0 aliphatic heterocycles. The summed E-state index contributed by atoms with van der Waals surface area (Å²) in [4.78, 5) is 74.5. The van der Waals surface area contributed by atoms with Crippen LogP contribution in [-0.2, 0) is 17.6 Å². The van der Waals surface area contributed by atoms with E-state index in [4.69, 9.17) is 0 Å². The minimum absolute atomic E-state index is 0. The zero-order valence-electron chi connectivity index (χ0n) is 8.91. The van der Waals surface area contributed by atoms with Crippen LogP contribution >= 0.6 is 16.5 Å². The largest absolute Gasteiger partial charge is 2.00 e. The molecule has 0 radical (unpaired) electrons. The molecular weight excluding hydrogens is 573 g/mol. The molecule has 12 nitrogen and oxygen atoms in total. The van der Waals surface area contributed by atoms with E-state index in [0.29, 0.717) is 0 Å². The number of rotatable bonds is 4. The standard InChI is InChI=1S/2O6PSi.3Sr/c2*1-7(2)6-8(3,4)5;;;/q2*-3;3*+2. The maximum Gasteiger partial charge on any atom is 2.00 e. The van der Waals surface area contributed by atoms with Crippen molar-refractivity contribution in [2.75, 3.05) is 0 Å². The van der Waals surface area contributed by atoms with Crippen molar-refractivity contribution < 1.29 is 56.1 Å². The Bertz CT molecular complexity index is 220. The molecule has 0 amide bonds. The second kappa shape index (κ2) is 17.5. The molecule has 0 aliphatic carbocycles. The Balaban J connectivity index is -0.0000000594. The quantitative estimate of drug-likeness (QED) is 0.225. The van der Waals surface area contributed by atoms with Crippen molar-refractivity contribution in [3.05, 3.63) is 0 Å². The Morgan fingerprint density at radius 1 is 0.632 bits per heavy atom. The Morgan fingerprint density at radius 3 is 0.789 bits per heavy atom. The SMILES string of the molecule is O=[P+]([O-])O[Si]([O-])([O-])[O-].O=[P+]([O-])O[Si]([O-])([O-])[O-].[Sr+2].[Sr+2].[Sr+2]. The van der Waals surface area contributed by atoms with Crippen molar-refractivity contribution in [1.29, 1.82) is 0 Å². The van der Waals surface area contributed by atoms with Gasteiger partial charge in [0.05, 0.1) is 0 Å². The van der Waals surface area contributed by atoms with Gasteiger partial charge >= 0.3 is 153 Å². The van der Waals surface area contributed by atoms with Crippen molar-refractivity contribution in [2.24, 2.45) is 0 Å². The predicted octanol–water partition coefficient (Wildman–Crippen LogP) is -10.1. The van der Waals surface area contributed by atoms with E-state index in [0.717, 1.165) is 0 Å². The molecule has 0 aromatic carbocycles. The second-order valence-electron chi connectivity index (χ2n) is 1.63. The molecule has 2 unspecified atom stereocenters. The van der Waals surface area contributed by atoms with Crippen LogP contribution in [0.4, 0.5) is 0 Å². The molecule has 96 valence electrons. The Morgan fingerprint density at radius 2 is 0.789 bits per heavy atom. The van der Waals surface area contributed by atoms with Crippen LogP contribution in [0, 0.1) is 0 Å². The van der Waals surface area contributed by atoms with Gasteiger partial charge < -0.3 is 38.6 Å². The number of hydrogen-bond donors (Lipinski definition) is 0. The third-order valence-corrected chi connectivity index (χ3v) is 3.35. The molecule has 0 heterocycles. The molecule has 0 bridgehead atoms. The van der Waals surface area contributed by atoms with Crippen LogP contribution in [0.1, 0.15) is 0 Å². The monoisotopic (exact) mass is 574 g/mol. The molecule has 0 saturated heterocycles. The first-order valence-electron chi connectivity index (χ1n) is 2.73. The first kappa shape index (κ1) is 34.9. The van der Waals surface area contributed by atoms with E-state index in [1.807, 2.05) is 0 Å². The van der Waals surface area contributed by atoms with Gasteiger partial charge in [0, 0.05) is 0 Å². The average Bonchev–Trinajstić information content (AvgIpc) is 1.72. The van der Waals surface area contributed by atoms with Crippen LogP contribution in [0.25, 0.3) is 0 Å². The molecule has 0 N–H and O–H groups in total. The van der Waals surface area contributed by atoms with E-state index in [1.165, 1.54) is 0 Å². The third kappa shape index (κ3) is 45.0. The van der Waals surface area contributed by atoms with E-state index in [9.17, 15) is 47.7 Å². The van der Waals surface area contributed by atoms with E-state index >= 15 is 0 Å². The van der Waals surface area contributed by atoms with Gasteiger partial charge in [0.2, 0.25) is 0 Å². The molecule has 19 heavy (non-hydrogen) atoms. The van der Waals surface area contributed by atoms with Gasteiger partial charge in [0.25, 0.3) is 0 Å². The van der Waals surface area contributed by atoms with Gasteiger partial charge in [-0.05, 0) is 27.2 Å². The molecular formula is O12P2Si2Sr3. The molecule has 0 aromatic rings. The topological polar surface area (TPSA) is 237 Å². The summed E-state index contributed by atoms with van der Waals surface area (Å²) in [6.07, 6.45) is 0. The first-order valence-corrected chi connectivity index (χ1v) is 8.19. The third-order valence-electron chi connectivity index (χ3n) is 0.373. The zero-order valence-corrected chi connectivity index (χ0v) is 23.1. The zero-order chi connectivity index (χ0) is 13.6. The van der Waals surface area contributed by atoms with Crippen LogP contribution in [0.5, 0.6) is 0 Å². The molecule has 0 fully saturated rings. The van der Waals surface area contributed by atoms with Crippen molar-refractivity contribution in [1.82, 2.24) is 0 Å². The average molecular weight is 573 g/mol. The minimum Gasteiger partial charge on any atom is -0.857 e. The number of hydrogen-bond acceptors (Lipinski definition) is 12. The molecule has 0 spiro atoms. The summed E-state index contributed by atoms with van der Waals surface area (Å²) >= 11 is 0. The van der Waals surface area contributed by atoms with E-state index < -0.39 is 34.6 Å². The smallest absolute Gasteiger partial charge is 0.857 e. The molecule has 0 aromatic heterocycles. The summed E-state index contributed by atoms with van der Waals surface area (Å²) in [6, 6.07) is 0. The van der Waals surface area contributed by atoms with Crippen LogP contribution < -0.4 is 38.6 Å². The minimum atomic E-state index is -5.57. The van der Waals surface area contributed by atoms with E-state index in [-0.39, 0.29) is 136 Å². The van der Waals surface area contributed by atoms with Crippen LogP contribution in [0.2, 0.25) is 0 Å². The van der Waals surface area contributed by atoms with Gasteiger partial charge in [-0.25, -0.2) is 0 Å². The van der Waals surface area contributed by atoms with Gasteiger partial charge in [-0.1, -0.05) is 0 Å². The van der Waals surface area contributed by atoms with Gasteiger partial charge in [-0.15, -0.1) is 0 Å². The summed E-state index contributed by atoms with van der Waals surface area (Å²) in [7, 11) is -18.3. The van der Waals surface area contributed by atoms with Gasteiger partial charge in [0.15, 0.2) is 0 Å². The van der Waals surface area contributed by atoms with Crippen molar-refractivity contribution in [3.63, 3.8) is 0 Å². The fraction of sp³-hybridized carbons (Fsp3) is 0. The Hall–Kier alpha value is 4.68. The molecule has 0 saturated carbocycles. The predicted molar refractivity (Wildman–Crippen MR) is 46.2 cm³/mol. The van der Waals surface area contributed by atoms with Crippen molar-refractivity contribution in [2.45, 2.75) is 0 Å². The summed E-state index contributed by atoms with van der Waals surface area (Å²) < 4.78 is 24.3. The summed E-state index contributed by atoms with van der Waals surface area (Å²) in [6.45, 7) is 0. The molecule has 2 atom stereocenters. The maximum absolute atomic E-state index is 9.34. The fourth-order valence-corrected chi connectivity index (χ4v) is 1.64.